The minimum Gasteiger partial charge on any atom is -0.468 e. The highest BCUT2D eigenvalue weighted by Crippen LogP contribution is 2.17. The summed E-state index contributed by atoms with van der Waals surface area (Å²) >= 11 is 0. The number of amides is 1. The first-order valence-electron chi connectivity index (χ1n) is 9.48. The Bertz CT molecular complexity index is 1050. The Kier molecular flexibility index (Phi) is 7.04. The van der Waals surface area contributed by atoms with Crippen LogP contribution in [-0.2, 0) is 16.6 Å². The van der Waals surface area contributed by atoms with Crippen molar-refractivity contribution in [1.82, 2.24) is 14.9 Å². The molecule has 7 nitrogen and oxygen atoms in total. The molecule has 8 heteroatoms. The van der Waals surface area contributed by atoms with E-state index >= 15 is 0 Å². The summed E-state index contributed by atoms with van der Waals surface area (Å²) in [6, 6.07) is 19.2. The lowest BCUT2D eigenvalue weighted by Gasteiger charge is -2.25. The number of hydrogen-bond acceptors (Lipinski definition) is 5. The predicted molar refractivity (Wildman–Crippen MR) is 114 cm³/mol. The average molecular weight is 428 g/mol. The Morgan fingerprint density at radius 3 is 2.30 bits per heavy atom. The summed E-state index contributed by atoms with van der Waals surface area (Å²) in [6.45, 7) is 0.490. The fraction of sp³-hybridized carbons (Fsp3) is 0.227. The van der Waals surface area contributed by atoms with Gasteiger partial charge < -0.3 is 14.6 Å². The van der Waals surface area contributed by atoms with Crippen molar-refractivity contribution in [2.24, 2.45) is 0 Å². The van der Waals surface area contributed by atoms with Gasteiger partial charge in [-0.1, -0.05) is 30.3 Å². The summed E-state index contributed by atoms with van der Waals surface area (Å²) in [5, 5.41) is 2.92. The number of likely N-dealkylation sites (N-methyl/N-ethyl adjacent to an activating group) is 1. The molecule has 0 saturated carbocycles. The molecule has 2 N–H and O–H groups in total. The van der Waals surface area contributed by atoms with E-state index in [9.17, 15) is 13.2 Å². The molecule has 0 fully saturated rings. The third-order valence-corrected chi connectivity index (χ3v) is 6.12. The van der Waals surface area contributed by atoms with Gasteiger partial charge in [0, 0.05) is 12.1 Å². The van der Waals surface area contributed by atoms with Gasteiger partial charge in [0.15, 0.2) is 0 Å². The van der Waals surface area contributed by atoms with Crippen molar-refractivity contribution in [3.05, 3.63) is 89.9 Å². The molecule has 1 heterocycles. The smallest absolute Gasteiger partial charge is 0.251 e. The van der Waals surface area contributed by atoms with Crippen LogP contribution in [0, 0.1) is 0 Å². The Hall–Kier alpha value is -2.94. The molecule has 2 aromatic carbocycles. The molecule has 3 aromatic rings. The maximum Gasteiger partial charge on any atom is 0.251 e. The van der Waals surface area contributed by atoms with Crippen LogP contribution in [0.2, 0.25) is 0 Å². The summed E-state index contributed by atoms with van der Waals surface area (Å²) < 4.78 is 32.4. The van der Waals surface area contributed by atoms with Gasteiger partial charge in [0.2, 0.25) is 10.0 Å². The minimum atomic E-state index is -3.70. The summed E-state index contributed by atoms with van der Waals surface area (Å²) in [7, 11) is 0.215. The third-order valence-electron chi connectivity index (χ3n) is 4.71. The first kappa shape index (κ1) is 21.8. The number of nitrogens with zero attached hydrogens (tertiary/aromatic N) is 1. The Morgan fingerprint density at radius 1 is 1.00 bits per heavy atom. The van der Waals surface area contributed by atoms with Gasteiger partial charge in [0.05, 0.1) is 23.7 Å². The van der Waals surface area contributed by atoms with Crippen molar-refractivity contribution < 1.29 is 17.6 Å². The predicted octanol–water partition coefficient (Wildman–Crippen LogP) is 2.79. The second-order valence-electron chi connectivity index (χ2n) is 7.03. The van der Waals surface area contributed by atoms with Gasteiger partial charge in [-0.25, -0.2) is 13.1 Å². The van der Waals surface area contributed by atoms with Crippen LogP contribution in [-0.4, -0.2) is 39.9 Å². The average Bonchev–Trinajstić information content (AvgIpc) is 3.27. The zero-order valence-electron chi connectivity index (χ0n) is 16.9. The Labute approximate surface area is 176 Å². The van der Waals surface area contributed by atoms with Crippen LogP contribution in [0.15, 0.2) is 82.3 Å². The quantitative estimate of drug-likeness (QED) is 0.548. The van der Waals surface area contributed by atoms with Crippen molar-refractivity contribution in [3.63, 3.8) is 0 Å². The molecule has 1 atom stereocenters. The molecule has 158 valence electrons. The molecule has 0 unspecified atom stereocenters. The van der Waals surface area contributed by atoms with Gasteiger partial charge >= 0.3 is 0 Å². The van der Waals surface area contributed by atoms with Gasteiger partial charge in [-0.3, -0.25) is 4.79 Å². The maximum absolute atomic E-state index is 12.5. The number of carbonyl (C=O) groups excluding carboxylic acids is 1. The van der Waals surface area contributed by atoms with E-state index < -0.39 is 10.0 Å². The highest BCUT2D eigenvalue weighted by Gasteiger charge is 2.17. The van der Waals surface area contributed by atoms with Crippen LogP contribution in [0.3, 0.4) is 0 Å². The van der Waals surface area contributed by atoms with E-state index in [1.807, 2.05) is 49.3 Å². The summed E-state index contributed by atoms with van der Waals surface area (Å²) in [4.78, 5) is 14.7. The number of sulfonamides is 1. The minimum absolute atomic E-state index is 0.0283. The standard InChI is InChI=1S/C22H25N3O4S/c1-25(2)21(17-7-4-3-5-8-17)16-23-22(26)18-10-12-20(13-11-18)30(27,28)24-15-19-9-6-14-29-19/h3-14,21,24H,15-16H2,1-2H3,(H,23,26)/t21-/m1/s1. The van der Waals surface area contributed by atoms with Crippen LogP contribution in [0.1, 0.15) is 27.7 Å². The number of furan rings is 1. The van der Waals surface area contributed by atoms with Crippen molar-refractivity contribution in [3.8, 4) is 0 Å². The van der Waals surface area contributed by atoms with E-state index in [4.69, 9.17) is 4.42 Å². The van der Waals surface area contributed by atoms with Crippen LogP contribution < -0.4 is 10.0 Å². The number of nitrogens with one attached hydrogen (secondary N) is 2. The molecule has 3 rings (SSSR count). The molecule has 30 heavy (non-hydrogen) atoms. The van der Waals surface area contributed by atoms with Crippen molar-refractivity contribution in [2.75, 3.05) is 20.6 Å². The number of benzene rings is 2. The number of rotatable bonds is 9. The zero-order valence-corrected chi connectivity index (χ0v) is 17.7. The monoisotopic (exact) mass is 427 g/mol. The van der Waals surface area contributed by atoms with Crippen LogP contribution in [0.25, 0.3) is 0 Å². The molecular formula is C22H25N3O4S. The molecular weight excluding hydrogens is 402 g/mol. The van der Waals surface area contributed by atoms with Crippen molar-refractivity contribution >= 4 is 15.9 Å². The van der Waals surface area contributed by atoms with E-state index in [1.54, 1.807) is 12.1 Å². The van der Waals surface area contributed by atoms with E-state index in [2.05, 4.69) is 10.0 Å². The summed E-state index contributed by atoms with van der Waals surface area (Å²) in [6.07, 6.45) is 1.48. The number of hydrogen-bond donors (Lipinski definition) is 2. The molecule has 0 aliphatic heterocycles. The molecule has 0 aliphatic carbocycles. The lowest BCUT2D eigenvalue weighted by atomic mass is 10.1. The highest BCUT2D eigenvalue weighted by molar-refractivity contribution is 7.89. The second-order valence-corrected chi connectivity index (χ2v) is 8.80. The van der Waals surface area contributed by atoms with Gasteiger partial charge in [0.1, 0.15) is 5.76 Å². The molecule has 0 bridgehead atoms. The number of carbonyl (C=O) groups is 1. The van der Waals surface area contributed by atoms with Gasteiger partial charge in [-0.15, -0.1) is 0 Å². The topological polar surface area (TPSA) is 91.7 Å². The second kappa shape index (κ2) is 9.71. The Balaban J connectivity index is 1.61. The SMILES string of the molecule is CN(C)[C@H](CNC(=O)c1ccc(S(=O)(=O)NCc2ccco2)cc1)c1ccccc1. The third kappa shape index (κ3) is 5.56. The normalized spacial score (nSPS) is 12.6. The maximum atomic E-state index is 12.5. The first-order valence-corrected chi connectivity index (χ1v) is 11.0. The molecule has 1 aromatic heterocycles. The molecule has 0 saturated heterocycles. The largest absolute Gasteiger partial charge is 0.468 e. The van der Waals surface area contributed by atoms with Crippen LogP contribution >= 0.6 is 0 Å². The lowest BCUT2D eigenvalue weighted by Crippen LogP contribution is -2.34. The van der Waals surface area contributed by atoms with Crippen LogP contribution in [0.5, 0.6) is 0 Å². The summed E-state index contributed by atoms with van der Waals surface area (Å²) in [5.74, 6) is 0.258. The fourth-order valence-electron chi connectivity index (χ4n) is 3.01. The fourth-order valence-corrected chi connectivity index (χ4v) is 4.01. The highest BCUT2D eigenvalue weighted by atomic mass is 32.2. The molecule has 1 amide bonds. The van der Waals surface area contributed by atoms with Crippen LogP contribution in [0.4, 0.5) is 0 Å². The Morgan fingerprint density at radius 2 is 1.70 bits per heavy atom. The van der Waals surface area contributed by atoms with E-state index in [-0.39, 0.29) is 23.4 Å². The first-order chi connectivity index (χ1) is 14.4. The summed E-state index contributed by atoms with van der Waals surface area (Å²) in [5.41, 5.74) is 1.50. The van der Waals surface area contributed by atoms with E-state index in [0.717, 1.165) is 5.56 Å². The van der Waals surface area contributed by atoms with Gasteiger partial charge in [-0.2, -0.15) is 0 Å². The van der Waals surface area contributed by atoms with Crippen molar-refractivity contribution in [1.29, 1.82) is 0 Å². The van der Waals surface area contributed by atoms with Gasteiger partial charge in [0.25, 0.3) is 5.91 Å². The zero-order chi connectivity index (χ0) is 21.6. The molecule has 0 spiro atoms. The molecule has 0 radical (unpaired) electrons. The molecule has 0 aliphatic rings. The van der Waals surface area contributed by atoms with Crippen molar-refractivity contribution in [2.45, 2.75) is 17.5 Å². The lowest BCUT2D eigenvalue weighted by molar-refractivity contribution is 0.0942. The van der Waals surface area contributed by atoms with E-state index in [0.29, 0.717) is 17.9 Å². The van der Waals surface area contributed by atoms with Gasteiger partial charge in [-0.05, 0) is 56.1 Å². The van der Waals surface area contributed by atoms with E-state index in [1.165, 1.54) is 30.5 Å².